The van der Waals surface area contributed by atoms with Crippen molar-refractivity contribution in [2.24, 2.45) is 5.92 Å². The van der Waals surface area contributed by atoms with Crippen molar-refractivity contribution in [3.8, 4) is 0 Å². The molecule has 0 amide bonds. The number of hydrogen-bond acceptors (Lipinski definition) is 1. The van der Waals surface area contributed by atoms with Crippen LogP contribution in [-0.4, -0.2) is 24.5 Å². The van der Waals surface area contributed by atoms with Crippen LogP contribution in [0, 0.1) is 12.3 Å². The van der Waals surface area contributed by atoms with Crippen molar-refractivity contribution >= 4 is 0 Å². The lowest BCUT2D eigenvalue weighted by atomic mass is 9.92. The van der Waals surface area contributed by atoms with Gasteiger partial charge in [0.2, 0.25) is 0 Å². The molecule has 0 radical (unpaired) electrons. The summed E-state index contributed by atoms with van der Waals surface area (Å²) in [5.74, 6) is 1.03. The van der Waals surface area contributed by atoms with E-state index in [2.05, 4.69) is 25.2 Å². The topological polar surface area (TPSA) is 3.24 Å². The Morgan fingerprint density at radius 1 is 1.33 bits per heavy atom. The Bertz CT molecular complexity index is 89.6. The van der Waals surface area contributed by atoms with Crippen LogP contribution in [0.25, 0.3) is 0 Å². The van der Waals surface area contributed by atoms with Crippen LogP contribution in [0.1, 0.15) is 39.5 Å². The Balaban J connectivity index is 2.11. The lowest BCUT2D eigenvalue weighted by molar-refractivity contribution is 0.190. The fourth-order valence-corrected chi connectivity index (χ4v) is 2.12. The molecule has 0 unspecified atom stereocenters. The van der Waals surface area contributed by atoms with Crippen LogP contribution in [0.4, 0.5) is 0 Å². The van der Waals surface area contributed by atoms with Gasteiger partial charge in [0.1, 0.15) is 6.54 Å². The summed E-state index contributed by atoms with van der Waals surface area (Å²) in [4.78, 5) is 2.56. The highest BCUT2D eigenvalue weighted by atomic mass is 15.1. The molecule has 1 heterocycles. The second-order valence-electron chi connectivity index (χ2n) is 3.94. The molecule has 1 aliphatic heterocycles. The second-order valence-corrected chi connectivity index (χ2v) is 3.94. The molecule has 1 heteroatoms. The predicted octanol–water partition coefficient (Wildman–Crippen LogP) is 2.72. The maximum Gasteiger partial charge on any atom is 0.141 e. The van der Waals surface area contributed by atoms with Gasteiger partial charge < -0.3 is 0 Å². The summed E-state index contributed by atoms with van der Waals surface area (Å²) in [5.41, 5.74) is 0. The summed E-state index contributed by atoms with van der Waals surface area (Å²) in [7, 11) is 0. The van der Waals surface area contributed by atoms with E-state index in [9.17, 15) is 0 Å². The van der Waals surface area contributed by atoms with Crippen molar-refractivity contribution in [1.29, 1.82) is 0 Å². The van der Waals surface area contributed by atoms with Gasteiger partial charge in [-0.25, -0.2) is 0 Å². The van der Waals surface area contributed by atoms with Crippen LogP contribution < -0.4 is 0 Å². The van der Waals surface area contributed by atoms with Gasteiger partial charge in [0.25, 0.3) is 0 Å². The molecule has 0 saturated carbocycles. The van der Waals surface area contributed by atoms with Gasteiger partial charge in [-0.3, -0.25) is 4.90 Å². The monoisotopic (exact) mass is 168 g/mol. The highest BCUT2D eigenvalue weighted by Crippen LogP contribution is 2.21. The molecule has 1 rings (SSSR count). The summed E-state index contributed by atoms with van der Waals surface area (Å²) in [5, 5.41) is 0. The molecule has 70 valence electrons. The molecule has 0 aliphatic carbocycles. The summed E-state index contributed by atoms with van der Waals surface area (Å²) in [6.07, 6.45) is 7.94. The minimum Gasteiger partial charge on any atom is -0.265 e. The molecule has 0 spiro atoms. The van der Waals surface area contributed by atoms with Crippen LogP contribution in [-0.2, 0) is 0 Å². The molecule has 0 aromatic rings. The van der Waals surface area contributed by atoms with Crippen LogP contribution in [0.5, 0.6) is 0 Å². The molecular weight excluding hydrogens is 146 g/mol. The Labute approximate surface area is 77.1 Å². The summed E-state index contributed by atoms with van der Waals surface area (Å²) in [6, 6.07) is 0. The molecule has 1 saturated heterocycles. The third-order valence-electron chi connectivity index (χ3n) is 2.84. The summed E-state index contributed by atoms with van der Waals surface area (Å²) >= 11 is 0. The largest absolute Gasteiger partial charge is 0.265 e. The normalized spacial score (nSPS) is 21.2. The maximum absolute atomic E-state index is 2.56. The van der Waals surface area contributed by atoms with E-state index in [4.69, 9.17) is 0 Å². The predicted molar refractivity (Wildman–Crippen MR) is 54.0 cm³/mol. The smallest absolute Gasteiger partial charge is 0.141 e. The van der Waals surface area contributed by atoms with Crippen molar-refractivity contribution in [3.05, 3.63) is 6.42 Å². The number of nitrogens with zero attached hydrogens (tertiary/aromatic N) is 1. The number of piperidine rings is 1. The first-order chi connectivity index (χ1) is 5.86. The highest BCUT2D eigenvalue weighted by Gasteiger charge is 2.18. The van der Waals surface area contributed by atoms with E-state index in [1.165, 1.54) is 45.3 Å². The molecule has 0 aromatic carbocycles. The van der Waals surface area contributed by atoms with Crippen LogP contribution >= 0.6 is 0 Å². The SMILES string of the molecule is C[CH+]CN1CCC(CCC)CC1. The van der Waals surface area contributed by atoms with Crippen LogP contribution in [0.2, 0.25) is 0 Å². The van der Waals surface area contributed by atoms with Crippen molar-refractivity contribution < 1.29 is 0 Å². The van der Waals surface area contributed by atoms with Crippen molar-refractivity contribution in [2.75, 3.05) is 19.6 Å². The molecule has 1 nitrogen and oxygen atoms in total. The van der Waals surface area contributed by atoms with Gasteiger partial charge in [-0.2, -0.15) is 0 Å². The number of rotatable bonds is 4. The van der Waals surface area contributed by atoms with E-state index in [0.29, 0.717) is 0 Å². The summed E-state index contributed by atoms with van der Waals surface area (Å²) in [6.45, 7) is 8.30. The number of likely N-dealkylation sites (tertiary alicyclic amines) is 1. The molecule has 12 heavy (non-hydrogen) atoms. The Morgan fingerprint density at radius 3 is 2.50 bits per heavy atom. The van der Waals surface area contributed by atoms with Gasteiger partial charge in [0.05, 0.1) is 13.3 Å². The van der Waals surface area contributed by atoms with Crippen molar-refractivity contribution in [1.82, 2.24) is 4.90 Å². The standard InChI is InChI=1S/C11H22N/c1-3-5-11-6-9-12(8-4-2)10-7-11/h4,11H,3,5-10H2,1-2H3/q+1. The zero-order valence-corrected chi connectivity index (χ0v) is 8.55. The first-order valence-corrected chi connectivity index (χ1v) is 5.37. The van der Waals surface area contributed by atoms with Gasteiger partial charge >= 0.3 is 0 Å². The fraction of sp³-hybridized carbons (Fsp3) is 0.909. The van der Waals surface area contributed by atoms with Crippen molar-refractivity contribution in [3.63, 3.8) is 0 Å². The zero-order valence-electron chi connectivity index (χ0n) is 8.55. The molecule has 1 fully saturated rings. The Hall–Kier alpha value is -0.170. The second kappa shape index (κ2) is 5.47. The van der Waals surface area contributed by atoms with E-state index in [-0.39, 0.29) is 0 Å². The molecule has 0 atom stereocenters. The van der Waals surface area contributed by atoms with E-state index >= 15 is 0 Å². The van der Waals surface area contributed by atoms with Crippen molar-refractivity contribution in [2.45, 2.75) is 39.5 Å². The Kier molecular flexibility index (Phi) is 4.52. The minimum atomic E-state index is 1.03. The molecule has 1 aliphatic rings. The van der Waals surface area contributed by atoms with E-state index < -0.39 is 0 Å². The summed E-state index contributed by atoms with van der Waals surface area (Å²) < 4.78 is 0. The van der Waals surface area contributed by atoms with Gasteiger partial charge in [0, 0.05) is 13.1 Å². The third-order valence-corrected chi connectivity index (χ3v) is 2.84. The maximum atomic E-state index is 2.56. The molecule has 0 aromatic heterocycles. The van der Waals surface area contributed by atoms with Gasteiger partial charge in [-0.05, 0) is 18.8 Å². The van der Waals surface area contributed by atoms with E-state index in [0.717, 1.165) is 5.92 Å². The van der Waals surface area contributed by atoms with Crippen LogP contribution in [0.3, 0.4) is 0 Å². The van der Waals surface area contributed by atoms with Gasteiger partial charge in [0.15, 0.2) is 0 Å². The zero-order chi connectivity index (χ0) is 8.81. The average Bonchev–Trinajstić information content (AvgIpc) is 2.09. The molecule has 0 bridgehead atoms. The fourth-order valence-electron chi connectivity index (χ4n) is 2.12. The molecule has 0 N–H and O–H groups in total. The van der Waals surface area contributed by atoms with Gasteiger partial charge in [-0.15, -0.1) is 0 Å². The Morgan fingerprint density at radius 2 is 2.00 bits per heavy atom. The van der Waals surface area contributed by atoms with Crippen LogP contribution in [0.15, 0.2) is 0 Å². The van der Waals surface area contributed by atoms with Gasteiger partial charge in [-0.1, -0.05) is 19.8 Å². The third kappa shape index (κ3) is 3.06. The lowest BCUT2D eigenvalue weighted by Gasteiger charge is -2.29. The first-order valence-electron chi connectivity index (χ1n) is 5.37. The van der Waals surface area contributed by atoms with E-state index in [1.54, 1.807) is 0 Å². The first kappa shape index (κ1) is 9.91. The highest BCUT2D eigenvalue weighted by molar-refractivity contribution is 4.74. The average molecular weight is 168 g/mol. The quantitative estimate of drug-likeness (QED) is 0.583. The van der Waals surface area contributed by atoms with E-state index in [1.807, 2.05) is 0 Å². The molecular formula is C11H22N+. The number of hydrogen-bond donors (Lipinski definition) is 0. The lowest BCUT2D eigenvalue weighted by Crippen LogP contribution is -2.34. The minimum absolute atomic E-state index is 1.03.